The maximum Gasteiger partial charge on any atom is 0.162 e. The van der Waals surface area contributed by atoms with Crippen LogP contribution in [0.4, 0.5) is 0 Å². The minimum atomic E-state index is -1.36. The zero-order valence-electron chi connectivity index (χ0n) is 11.2. The van der Waals surface area contributed by atoms with Crippen LogP contribution in [0.2, 0.25) is 0 Å². The first-order valence-electron chi connectivity index (χ1n) is 7.57. The molecule has 0 aliphatic heterocycles. The van der Waals surface area contributed by atoms with Crippen LogP contribution in [0.15, 0.2) is 0 Å². The molecule has 2 saturated carbocycles. The van der Waals surface area contributed by atoms with Gasteiger partial charge in [0.05, 0.1) is 0 Å². The van der Waals surface area contributed by atoms with Gasteiger partial charge >= 0.3 is 0 Å². The van der Waals surface area contributed by atoms with Gasteiger partial charge < -0.3 is 10.2 Å². The van der Waals surface area contributed by atoms with Crippen molar-refractivity contribution in [3.63, 3.8) is 0 Å². The molecular weight excluding hydrogens is 212 g/mol. The highest BCUT2D eigenvalue weighted by Crippen LogP contribution is 2.42. The quantitative estimate of drug-likeness (QED) is 0.742. The lowest BCUT2D eigenvalue weighted by Gasteiger charge is -2.40. The monoisotopic (exact) mass is 240 g/mol. The third-order valence-corrected chi connectivity index (χ3v) is 5.16. The van der Waals surface area contributed by atoms with Crippen molar-refractivity contribution < 1.29 is 10.2 Å². The zero-order chi connectivity index (χ0) is 12.3. The largest absolute Gasteiger partial charge is 0.366 e. The summed E-state index contributed by atoms with van der Waals surface area (Å²) in [5, 5.41) is 19.2. The van der Waals surface area contributed by atoms with Crippen LogP contribution in [0, 0.1) is 17.8 Å². The summed E-state index contributed by atoms with van der Waals surface area (Å²) in [5.74, 6) is 1.15. The molecule has 0 spiro atoms. The molecule has 2 aliphatic carbocycles. The normalized spacial score (nSPS) is 29.1. The molecule has 0 heterocycles. The molecule has 2 heteroatoms. The molecule has 1 unspecified atom stereocenters. The Kier molecular flexibility index (Phi) is 4.48. The fourth-order valence-electron chi connectivity index (χ4n) is 4.14. The Balaban J connectivity index is 1.89. The van der Waals surface area contributed by atoms with Gasteiger partial charge in [0.15, 0.2) is 5.79 Å². The third kappa shape index (κ3) is 3.45. The SMILES string of the molecule is CCC(C1CCCCC1)C1CCC(O)(O)CC1. The van der Waals surface area contributed by atoms with E-state index in [1.165, 1.54) is 38.5 Å². The lowest BCUT2D eigenvalue weighted by molar-refractivity contribution is -0.189. The molecule has 100 valence electrons. The summed E-state index contributed by atoms with van der Waals surface area (Å²) in [6, 6.07) is 0. The second-order valence-electron chi connectivity index (χ2n) is 6.29. The van der Waals surface area contributed by atoms with E-state index in [0.29, 0.717) is 12.8 Å². The third-order valence-electron chi connectivity index (χ3n) is 5.16. The molecule has 2 fully saturated rings. The van der Waals surface area contributed by atoms with E-state index in [2.05, 4.69) is 6.92 Å². The number of hydrogen-bond acceptors (Lipinski definition) is 2. The molecule has 2 aliphatic rings. The topological polar surface area (TPSA) is 40.5 Å². The molecule has 2 rings (SSSR count). The first kappa shape index (κ1) is 13.4. The van der Waals surface area contributed by atoms with E-state index in [4.69, 9.17) is 0 Å². The molecule has 0 radical (unpaired) electrons. The molecule has 0 saturated heterocycles. The van der Waals surface area contributed by atoms with Gasteiger partial charge in [-0.3, -0.25) is 0 Å². The van der Waals surface area contributed by atoms with Crippen molar-refractivity contribution in [1.29, 1.82) is 0 Å². The minimum absolute atomic E-state index is 0.584. The molecule has 17 heavy (non-hydrogen) atoms. The molecule has 0 bridgehead atoms. The van der Waals surface area contributed by atoms with Gasteiger partial charge in [0.25, 0.3) is 0 Å². The molecule has 0 aromatic carbocycles. The van der Waals surface area contributed by atoms with Crippen LogP contribution in [-0.4, -0.2) is 16.0 Å². The van der Waals surface area contributed by atoms with Crippen molar-refractivity contribution >= 4 is 0 Å². The smallest absolute Gasteiger partial charge is 0.162 e. The van der Waals surface area contributed by atoms with Gasteiger partial charge in [-0.25, -0.2) is 0 Å². The zero-order valence-corrected chi connectivity index (χ0v) is 11.2. The summed E-state index contributed by atoms with van der Waals surface area (Å²) in [5.41, 5.74) is 0. The number of aliphatic hydroxyl groups is 2. The number of hydrogen-bond donors (Lipinski definition) is 2. The summed E-state index contributed by atoms with van der Waals surface area (Å²) in [6.45, 7) is 2.32. The van der Waals surface area contributed by atoms with Crippen molar-refractivity contribution in [1.82, 2.24) is 0 Å². The van der Waals surface area contributed by atoms with Gasteiger partial charge in [-0.2, -0.15) is 0 Å². The van der Waals surface area contributed by atoms with Crippen LogP contribution < -0.4 is 0 Å². The highest BCUT2D eigenvalue weighted by atomic mass is 16.5. The molecule has 0 aromatic heterocycles. The minimum Gasteiger partial charge on any atom is -0.366 e. The van der Waals surface area contributed by atoms with Crippen LogP contribution in [-0.2, 0) is 0 Å². The fraction of sp³-hybridized carbons (Fsp3) is 1.00. The van der Waals surface area contributed by atoms with Gasteiger partial charge in [0.2, 0.25) is 0 Å². The predicted octanol–water partition coefficient (Wildman–Crippen LogP) is 3.46. The Bertz CT molecular complexity index is 221. The van der Waals surface area contributed by atoms with Crippen molar-refractivity contribution in [2.45, 2.75) is 76.9 Å². The Morgan fingerprint density at radius 3 is 2.00 bits per heavy atom. The summed E-state index contributed by atoms with van der Waals surface area (Å²) in [6.07, 6.45) is 11.6. The van der Waals surface area contributed by atoms with Gasteiger partial charge in [-0.1, -0.05) is 45.4 Å². The first-order chi connectivity index (χ1) is 8.12. The second-order valence-corrected chi connectivity index (χ2v) is 6.29. The molecule has 0 aromatic rings. The van der Waals surface area contributed by atoms with Gasteiger partial charge in [-0.15, -0.1) is 0 Å². The first-order valence-corrected chi connectivity index (χ1v) is 7.57. The molecule has 0 amide bonds. The van der Waals surface area contributed by atoms with Gasteiger partial charge in [-0.05, 0) is 30.6 Å². The van der Waals surface area contributed by atoms with E-state index < -0.39 is 5.79 Å². The van der Waals surface area contributed by atoms with E-state index in [1.807, 2.05) is 0 Å². The van der Waals surface area contributed by atoms with E-state index >= 15 is 0 Å². The standard InChI is InChI=1S/C15H28O2/c1-2-14(12-6-4-3-5-7-12)13-8-10-15(16,17)11-9-13/h12-14,16-17H,2-11H2,1H3. The number of rotatable bonds is 3. The Hall–Kier alpha value is -0.0800. The average molecular weight is 240 g/mol. The highest BCUT2D eigenvalue weighted by Gasteiger charge is 2.36. The maximum absolute atomic E-state index is 9.61. The van der Waals surface area contributed by atoms with Crippen LogP contribution in [0.1, 0.15) is 71.1 Å². The summed E-state index contributed by atoms with van der Waals surface area (Å²) in [7, 11) is 0. The van der Waals surface area contributed by atoms with Crippen LogP contribution in [0.3, 0.4) is 0 Å². The van der Waals surface area contributed by atoms with E-state index in [-0.39, 0.29) is 0 Å². The summed E-state index contributed by atoms with van der Waals surface area (Å²) < 4.78 is 0. The van der Waals surface area contributed by atoms with Crippen molar-refractivity contribution in [2.24, 2.45) is 17.8 Å². The molecular formula is C15H28O2. The molecule has 1 atom stereocenters. The Labute approximate surface area is 105 Å². The summed E-state index contributed by atoms with van der Waals surface area (Å²) in [4.78, 5) is 0. The lowest BCUT2D eigenvalue weighted by Crippen LogP contribution is -2.37. The Morgan fingerprint density at radius 1 is 0.941 bits per heavy atom. The van der Waals surface area contributed by atoms with Crippen molar-refractivity contribution in [2.75, 3.05) is 0 Å². The van der Waals surface area contributed by atoms with E-state index in [0.717, 1.165) is 30.6 Å². The highest BCUT2D eigenvalue weighted by molar-refractivity contribution is 4.84. The lowest BCUT2D eigenvalue weighted by atomic mass is 9.68. The van der Waals surface area contributed by atoms with Crippen LogP contribution in [0.25, 0.3) is 0 Å². The Morgan fingerprint density at radius 2 is 1.47 bits per heavy atom. The maximum atomic E-state index is 9.61. The second kappa shape index (κ2) is 5.71. The van der Waals surface area contributed by atoms with Crippen LogP contribution in [0.5, 0.6) is 0 Å². The fourth-order valence-corrected chi connectivity index (χ4v) is 4.14. The predicted molar refractivity (Wildman–Crippen MR) is 69.5 cm³/mol. The van der Waals surface area contributed by atoms with Crippen molar-refractivity contribution in [3.05, 3.63) is 0 Å². The molecule has 2 nitrogen and oxygen atoms in total. The molecule has 2 N–H and O–H groups in total. The van der Waals surface area contributed by atoms with E-state index in [9.17, 15) is 10.2 Å². The average Bonchev–Trinajstić information content (AvgIpc) is 2.33. The van der Waals surface area contributed by atoms with Crippen LogP contribution >= 0.6 is 0 Å². The van der Waals surface area contributed by atoms with Gasteiger partial charge in [0.1, 0.15) is 0 Å². The summed E-state index contributed by atoms with van der Waals surface area (Å²) >= 11 is 0. The van der Waals surface area contributed by atoms with Crippen molar-refractivity contribution in [3.8, 4) is 0 Å². The van der Waals surface area contributed by atoms with Gasteiger partial charge in [0, 0.05) is 12.8 Å². The van der Waals surface area contributed by atoms with E-state index in [1.54, 1.807) is 0 Å².